The van der Waals surface area contributed by atoms with Gasteiger partial charge in [-0.25, -0.2) is 4.79 Å². The first-order valence-electron chi connectivity index (χ1n) is 10.6. The molecule has 0 spiro atoms. The van der Waals surface area contributed by atoms with Gasteiger partial charge in [0.15, 0.2) is 0 Å². The fourth-order valence-corrected chi connectivity index (χ4v) is 5.08. The van der Waals surface area contributed by atoms with Crippen LogP contribution in [-0.4, -0.2) is 57.8 Å². The molecule has 0 aliphatic carbocycles. The summed E-state index contributed by atoms with van der Waals surface area (Å²) in [4.78, 5) is 16.5. The Bertz CT molecular complexity index is 906. The number of hydrogen-bond donors (Lipinski definition) is 2. The number of piperidine rings is 1. The van der Waals surface area contributed by atoms with E-state index >= 15 is 0 Å². The molecule has 1 fully saturated rings. The molecule has 2 aromatic heterocycles. The van der Waals surface area contributed by atoms with Crippen molar-refractivity contribution in [3.8, 4) is 6.07 Å². The van der Waals surface area contributed by atoms with Gasteiger partial charge in [-0.2, -0.15) is 10.4 Å². The van der Waals surface area contributed by atoms with E-state index in [9.17, 15) is 10.1 Å². The van der Waals surface area contributed by atoms with Crippen LogP contribution in [0.25, 0.3) is 0 Å². The number of nitrogens with zero attached hydrogens (tertiary/aromatic N) is 5. The molecule has 6 N–H and O–H groups in total. The molecule has 190 valence electrons. The molecule has 1 aliphatic heterocycles. The van der Waals surface area contributed by atoms with Crippen LogP contribution in [0, 0.1) is 11.3 Å². The van der Waals surface area contributed by atoms with Gasteiger partial charge in [0.05, 0.1) is 35.7 Å². The Morgan fingerprint density at radius 3 is 2.64 bits per heavy atom. The average Bonchev–Trinajstić information content (AvgIpc) is 3.36. The van der Waals surface area contributed by atoms with E-state index < -0.39 is 0 Å². The largest absolute Gasteiger partial charge is 0.412 e. The van der Waals surface area contributed by atoms with Crippen molar-refractivity contribution in [2.75, 3.05) is 29.8 Å². The topological polar surface area (TPSA) is 152 Å². The Labute approximate surface area is 207 Å². The van der Waals surface area contributed by atoms with Crippen LogP contribution < -0.4 is 14.3 Å². The number of likely N-dealkylation sites (tertiary alicyclic amines) is 1. The van der Waals surface area contributed by atoms with E-state index in [0.717, 1.165) is 36.5 Å². The van der Waals surface area contributed by atoms with Crippen LogP contribution in [0.5, 0.6) is 0 Å². The van der Waals surface area contributed by atoms with Crippen molar-refractivity contribution in [1.82, 2.24) is 19.4 Å². The highest BCUT2D eigenvalue weighted by molar-refractivity contribution is 7.99. The first-order chi connectivity index (χ1) is 14.9. The van der Waals surface area contributed by atoms with Gasteiger partial charge in [0, 0.05) is 27.5 Å². The highest BCUT2D eigenvalue weighted by Crippen LogP contribution is 2.33. The minimum absolute atomic E-state index is 0. The second-order valence-electron chi connectivity index (χ2n) is 7.56. The van der Waals surface area contributed by atoms with Crippen LogP contribution in [0.4, 0.5) is 16.2 Å². The van der Waals surface area contributed by atoms with Crippen LogP contribution in [0.1, 0.15) is 59.1 Å². The van der Waals surface area contributed by atoms with Crippen molar-refractivity contribution in [1.29, 1.82) is 5.26 Å². The summed E-state index contributed by atoms with van der Waals surface area (Å²) in [5, 5.41) is 16.4. The molecule has 0 aromatic carbocycles. The summed E-state index contributed by atoms with van der Waals surface area (Å²) in [6.45, 7) is 10.1. The third-order valence-electron chi connectivity index (χ3n) is 4.76. The molecule has 0 radical (unpaired) electrons. The standard InChI is InChI=1S/C19H27N7OS2.C2H6.2H2O.2H2/c1-13(2)18-17(8-16(9-20)28-18)22-19(27)23-29-26(15-10-21-25(4)12-15)14-6-5-7-24(3)11-14;1-2;;;;/h8,10,12-14H,5-7,11H2,1-4H3,(H2,22,23,27);1-2H3;2*1H2;2*1H. The zero-order valence-electron chi connectivity index (χ0n) is 20.2. The van der Waals surface area contributed by atoms with Gasteiger partial charge in [-0.15, -0.1) is 11.3 Å². The summed E-state index contributed by atoms with van der Waals surface area (Å²) in [6.07, 6.45) is 5.95. The molecule has 0 saturated carbocycles. The lowest BCUT2D eigenvalue weighted by atomic mass is 10.1. The number of aryl methyl sites for hydroxylation is 1. The fourth-order valence-electron chi connectivity index (χ4n) is 3.42. The summed E-state index contributed by atoms with van der Waals surface area (Å²) in [5.74, 6) is 0.231. The molecule has 1 atom stereocenters. The zero-order valence-corrected chi connectivity index (χ0v) is 21.8. The first kappa shape index (κ1) is 30.7. The van der Waals surface area contributed by atoms with Crippen LogP contribution in [0.15, 0.2) is 18.5 Å². The number of carbonyl (C=O) groups is 1. The molecule has 12 heteroatoms. The Kier molecular flexibility index (Phi) is 13.7. The number of likely N-dealkylation sites (N-methyl/N-ethyl adjacent to an activating group) is 1. The predicted molar refractivity (Wildman–Crippen MR) is 142 cm³/mol. The van der Waals surface area contributed by atoms with Crippen LogP contribution >= 0.6 is 23.5 Å². The smallest absolute Gasteiger partial charge is 0.330 e. The highest BCUT2D eigenvalue weighted by atomic mass is 32.2. The molecule has 1 aliphatic rings. The predicted octanol–water partition coefficient (Wildman–Crippen LogP) is 3.63. The van der Waals surface area contributed by atoms with E-state index in [4.69, 9.17) is 0 Å². The molecule has 33 heavy (non-hydrogen) atoms. The number of thiophene rings is 1. The van der Waals surface area contributed by atoms with Crippen molar-refractivity contribution in [3.63, 3.8) is 0 Å². The van der Waals surface area contributed by atoms with Gasteiger partial charge in [-0.05, 0) is 38.4 Å². The van der Waals surface area contributed by atoms with E-state index in [-0.39, 0.29) is 31.8 Å². The molecule has 3 heterocycles. The van der Waals surface area contributed by atoms with Crippen LogP contribution in [0.3, 0.4) is 0 Å². The summed E-state index contributed by atoms with van der Waals surface area (Å²) in [6, 6.07) is 3.86. The second-order valence-corrected chi connectivity index (χ2v) is 9.42. The van der Waals surface area contributed by atoms with Crippen molar-refractivity contribution < 1.29 is 18.6 Å². The van der Waals surface area contributed by atoms with Crippen molar-refractivity contribution in [2.45, 2.75) is 52.5 Å². The van der Waals surface area contributed by atoms with E-state index in [1.807, 2.05) is 33.3 Å². The molecule has 2 amide bonds. The van der Waals surface area contributed by atoms with E-state index in [1.54, 1.807) is 10.7 Å². The summed E-state index contributed by atoms with van der Waals surface area (Å²) in [5.41, 5.74) is 1.66. The Morgan fingerprint density at radius 1 is 1.39 bits per heavy atom. The van der Waals surface area contributed by atoms with E-state index in [2.05, 4.69) is 51.3 Å². The third-order valence-corrected chi connectivity index (χ3v) is 7.08. The third kappa shape index (κ3) is 8.53. The molecular weight excluding hydrogens is 462 g/mol. The lowest BCUT2D eigenvalue weighted by Gasteiger charge is -2.37. The molecule has 1 saturated heterocycles. The number of carbonyl (C=O) groups excluding carboxylic acids is 1. The van der Waals surface area contributed by atoms with Gasteiger partial charge < -0.3 is 21.2 Å². The summed E-state index contributed by atoms with van der Waals surface area (Å²) < 4.78 is 6.79. The minimum Gasteiger partial charge on any atom is -0.412 e. The number of nitrogens with one attached hydrogen (secondary N) is 2. The number of rotatable bonds is 6. The summed E-state index contributed by atoms with van der Waals surface area (Å²) >= 11 is 2.70. The van der Waals surface area contributed by atoms with Gasteiger partial charge in [0.25, 0.3) is 0 Å². The lowest BCUT2D eigenvalue weighted by Crippen LogP contribution is -2.45. The molecule has 0 bridgehead atoms. The first-order valence-corrected chi connectivity index (χ1v) is 12.2. The molecule has 1 unspecified atom stereocenters. The lowest BCUT2D eigenvalue weighted by molar-refractivity contribution is 0.253. The maximum Gasteiger partial charge on any atom is 0.330 e. The minimum atomic E-state index is -0.308. The Balaban J connectivity index is -0.00000166. The van der Waals surface area contributed by atoms with Gasteiger partial charge >= 0.3 is 6.03 Å². The van der Waals surface area contributed by atoms with E-state index in [1.165, 1.54) is 23.5 Å². The molecular formula is C21H41N7O3S2. The van der Waals surface area contributed by atoms with Crippen molar-refractivity contribution >= 4 is 40.9 Å². The van der Waals surface area contributed by atoms with Gasteiger partial charge in [0.1, 0.15) is 10.9 Å². The van der Waals surface area contributed by atoms with Gasteiger partial charge in [-0.1, -0.05) is 27.7 Å². The van der Waals surface area contributed by atoms with Gasteiger partial charge in [-0.3, -0.25) is 13.7 Å². The second kappa shape index (κ2) is 14.8. The maximum absolute atomic E-state index is 12.6. The van der Waals surface area contributed by atoms with Crippen molar-refractivity contribution in [2.24, 2.45) is 7.05 Å². The summed E-state index contributed by atoms with van der Waals surface area (Å²) in [7, 11) is 4.01. The number of nitriles is 1. The van der Waals surface area contributed by atoms with E-state index in [0.29, 0.717) is 10.6 Å². The number of hydrogen-bond acceptors (Lipinski definition) is 7. The average molecular weight is 504 g/mol. The zero-order chi connectivity index (χ0) is 23.0. The molecule has 3 rings (SSSR count). The normalized spacial score (nSPS) is 15.3. The number of anilines is 2. The Hall–Kier alpha value is -2.30. The quantitative estimate of drug-likeness (QED) is 0.574. The SMILES string of the molecule is CC.CC(C)c1sc(C#N)cc1NC(=O)NSN(c1cnn(C)c1)C1CCCN(C)C1.O.O.[HH].[HH]. The maximum atomic E-state index is 12.6. The number of aromatic nitrogens is 2. The van der Waals surface area contributed by atoms with Crippen LogP contribution in [-0.2, 0) is 7.05 Å². The highest BCUT2D eigenvalue weighted by Gasteiger charge is 2.26. The molecule has 10 nitrogen and oxygen atoms in total. The number of urea groups is 1. The Morgan fingerprint density at radius 2 is 2.09 bits per heavy atom. The van der Waals surface area contributed by atoms with Crippen molar-refractivity contribution in [3.05, 3.63) is 28.2 Å². The number of amides is 2. The monoisotopic (exact) mass is 503 g/mol. The fraction of sp³-hybridized carbons (Fsp3) is 0.571. The van der Waals surface area contributed by atoms with Crippen LogP contribution in [0.2, 0.25) is 0 Å². The molecule has 2 aromatic rings. The van der Waals surface area contributed by atoms with Gasteiger partial charge in [0.2, 0.25) is 0 Å².